The number of allylic oxidation sites excluding steroid dienone is 1. The van der Waals surface area contributed by atoms with Gasteiger partial charge in [-0.25, -0.2) is 4.79 Å². The molecule has 1 aliphatic rings. The van der Waals surface area contributed by atoms with E-state index < -0.39 is 12.1 Å². The molecule has 0 heterocycles. The number of thiocarbonyl (C=S) groups is 1. The third kappa shape index (κ3) is 5.57. The van der Waals surface area contributed by atoms with Gasteiger partial charge in [-0.3, -0.25) is 5.32 Å². The second-order valence-corrected chi connectivity index (χ2v) is 7.85. The quantitative estimate of drug-likeness (QED) is 0.594. The molecule has 3 N–H and O–H groups in total. The largest absolute Gasteiger partial charge is 0.453 e. The van der Waals surface area contributed by atoms with Crippen molar-refractivity contribution in [2.75, 3.05) is 12.9 Å². The van der Waals surface area contributed by atoms with E-state index in [1.165, 1.54) is 7.11 Å². The third-order valence-electron chi connectivity index (χ3n) is 3.93. The molecule has 1 unspecified atom stereocenters. The normalized spacial score (nSPS) is 16.7. The van der Waals surface area contributed by atoms with Crippen LogP contribution in [0.2, 0.25) is 5.02 Å². The third-order valence-corrected chi connectivity index (χ3v) is 5.84. The molecule has 1 aromatic carbocycles. The molecule has 0 bridgehead atoms. The number of carbonyl (C=O) groups is 1. The molecule has 1 atom stereocenters. The predicted molar refractivity (Wildman–Crippen MR) is 118 cm³/mol. The van der Waals surface area contributed by atoms with Crippen molar-refractivity contribution in [2.45, 2.75) is 26.3 Å². The van der Waals surface area contributed by atoms with Crippen LogP contribution in [0.1, 0.15) is 25.8 Å². The molecule has 0 radical (unpaired) electrons. The van der Waals surface area contributed by atoms with E-state index in [0.29, 0.717) is 10.7 Å². The zero-order chi connectivity index (χ0) is 20.0. The van der Waals surface area contributed by atoms with Gasteiger partial charge < -0.3 is 15.5 Å². The second kappa shape index (κ2) is 9.92. The molecular formula is C19H22ClN3O2S2. The van der Waals surface area contributed by atoms with Gasteiger partial charge in [0.15, 0.2) is 5.11 Å². The minimum absolute atomic E-state index is 0.124. The summed E-state index contributed by atoms with van der Waals surface area (Å²) in [5, 5.41) is 14.7. The maximum atomic E-state index is 11.3. The van der Waals surface area contributed by atoms with Crippen LogP contribution in [-0.2, 0) is 4.74 Å². The lowest BCUT2D eigenvalue weighted by Gasteiger charge is -2.29. The molecule has 0 saturated carbocycles. The number of amides is 1. The minimum atomic E-state index is -0.644. The van der Waals surface area contributed by atoms with E-state index in [9.17, 15) is 4.79 Å². The van der Waals surface area contributed by atoms with E-state index in [2.05, 4.69) is 22.3 Å². The number of hydrogen-bond donors (Lipinski definition) is 3. The first-order valence-corrected chi connectivity index (χ1v) is 10.2. The Kier molecular flexibility index (Phi) is 7.89. The molecular weight excluding hydrogens is 402 g/mol. The first-order valence-electron chi connectivity index (χ1n) is 8.42. The number of ether oxygens (including phenoxy) is 1. The highest BCUT2D eigenvalue weighted by atomic mass is 35.5. The van der Waals surface area contributed by atoms with Crippen LogP contribution < -0.4 is 10.6 Å². The van der Waals surface area contributed by atoms with Crippen LogP contribution in [0.5, 0.6) is 0 Å². The number of halogens is 1. The molecule has 1 aromatic rings. The standard InChI is InChI=1S/C19H22ClN3O2S2/c1-4-9-27-17-11(2)16(22-18(26)23-19(24)25-3)15(21)10-14(17)12-5-7-13(20)8-6-12/h5-8,10,16,21H,4,9H2,1-3H3,(H2,22,23,24,26). The van der Waals surface area contributed by atoms with Crippen molar-refractivity contribution in [3.8, 4) is 0 Å². The van der Waals surface area contributed by atoms with Crippen LogP contribution in [0.3, 0.4) is 0 Å². The Morgan fingerprint density at radius 2 is 2.04 bits per heavy atom. The molecule has 5 nitrogen and oxygen atoms in total. The van der Waals surface area contributed by atoms with E-state index in [-0.39, 0.29) is 5.11 Å². The van der Waals surface area contributed by atoms with Gasteiger partial charge in [-0.2, -0.15) is 0 Å². The van der Waals surface area contributed by atoms with Crippen LogP contribution in [-0.4, -0.2) is 35.8 Å². The van der Waals surface area contributed by atoms with E-state index >= 15 is 0 Å². The molecule has 1 amide bonds. The lowest BCUT2D eigenvalue weighted by atomic mass is 9.90. The molecule has 8 heteroatoms. The van der Waals surface area contributed by atoms with Crippen molar-refractivity contribution >= 4 is 58.1 Å². The maximum absolute atomic E-state index is 11.3. The number of methoxy groups -OCH3 is 1. The summed E-state index contributed by atoms with van der Waals surface area (Å²) in [5.41, 5.74) is 3.36. The minimum Gasteiger partial charge on any atom is -0.453 e. The average molecular weight is 424 g/mol. The average Bonchev–Trinajstić information content (AvgIpc) is 2.64. The lowest BCUT2D eigenvalue weighted by Crippen LogP contribution is -2.48. The second-order valence-electron chi connectivity index (χ2n) is 5.90. The number of nitrogens with one attached hydrogen (secondary N) is 3. The summed E-state index contributed by atoms with van der Waals surface area (Å²) >= 11 is 12.9. The summed E-state index contributed by atoms with van der Waals surface area (Å²) in [6.07, 6.45) is 2.23. The first kappa shape index (κ1) is 21.5. The van der Waals surface area contributed by atoms with Crippen molar-refractivity contribution in [2.24, 2.45) is 0 Å². The maximum Gasteiger partial charge on any atom is 0.413 e. The zero-order valence-electron chi connectivity index (χ0n) is 15.4. The van der Waals surface area contributed by atoms with Gasteiger partial charge >= 0.3 is 6.09 Å². The van der Waals surface area contributed by atoms with Crippen LogP contribution in [0.4, 0.5) is 4.79 Å². The summed E-state index contributed by atoms with van der Waals surface area (Å²) in [7, 11) is 1.27. The number of thioether (sulfide) groups is 1. The molecule has 27 heavy (non-hydrogen) atoms. The molecule has 0 aliphatic heterocycles. The first-order chi connectivity index (χ1) is 12.9. The van der Waals surface area contributed by atoms with Crippen LogP contribution in [0.15, 0.2) is 40.8 Å². The number of alkyl carbamates (subject to hydrolysis) is 1. The fraction of sp³-hybridized carbons (Fsp3) is 0.316. The molecule has 1 aliphatic carbocycles. The van der Waals surface area contributed by atoms with E-state index in [0.717, 1.165) is 33.8 Å². The Labute approximate surface area is 174 Å². The Hall–Kier alpha value is -1.83. The summed E-state index contributed by atoms with van der Waals surface area (Å²) < 4.78 is 4.55. The molecule has 0 spiro atoms. The molecule has 144 valence electrons. The molecule has 0 fully saturated rings. The molecule has 0 aromatic heterocycles. The van der Waals surface area contributed by atoms with Gasteiger partial charge in [-0.15, -0.1) is 11.8 Å². The number of benzene rings is 1. The molecule has 2 rings (SSSR count). The number of hydrogen-bond acceptors (Lipinski definition) is 5. The molecule has 0 saturated heterocycles. The Balaban J connectivity index is 2.33. The van der Waals surface area contributed by atoms with Crippen LogP contribution >= 0.6 is 35.6 Å². The van der Waals surface area contributed by atoms with Gasteiger partial charge in [0.25, 0.3) is 0 Å². The number of carbonyl (C=O) groups excluding carboxylic acids is 1. The van der Waals surface area contributed by atoms with Crippen molar-refractivity contribution in [3.63, 3.8) is 0 Å². The van der Waals surface area contributed by atoms with Gasteiger partial charge in [0.05, 0.1) is 18.9 Å². The highest BCUT2D eigenvalue weighted by Crippen LogP contribution is 2.39. The zero-order valence-corrected chi connectivity index (χ0v) is 17.8. The van der Waals surface area contributed by atoms with Gasteiger partial charge in [-0.1, -0.05) is 30.7 Å². The Morgan fingerprint density at radius 1 is 1.37 bits per heavy atom. The number of rotatable bonds is 5. The Bertz CT molecular complexity index is 804. The van der Waals surface area contributed by atoms with Crippen LogP contribution in [0.25, 0.3) is 5.57 Å². The fourth-order valence-corrected chi connectivity index (χ4v) is 4.03. The topological polar surface area (TPSA) is 74.2 Å². The van der Waals surface area contributed by atoms with Crippen molar-refractivity contribution in [1.82, 2.24) is 10.6 Å². The summed E-state index contributed by atoms with van der Waals surface area (Å²) in [4.78, 5) is 12.4. The van der Waals surface area contributed by atoms with Crippen LogP contribution in [0, 0.1) is 5.41 Å². The van der Waals surface area contributed by atoms with Crippen molar-refractivity contribution < 1.29 is 9.53 Å². The van der Waals surface area contributed by atoms with Gasteiger partial charge in [-0.05, 0) is 66.2 Å². The van der Waals surface area contributed by atoms with E-state index in [1.807, 2.05) is 37.3 Å². The van der Waals surface area contributed by atoms with Gasteiger partial charge in [0.1, 0.15) is 0 Å². The SMILES string of the molecule is CCCSC1=C(C)C(NC(=S)NC(=O)OC)C(=N)C=C1c1ccc(Cl)cc1. The monoisotopic (exact) mass is 423 g/mol. The summed E-state index contributed by atoms with van der Waals surface area (Å²) in [6.45, 7) is 4.11. The summed E-state index contributed by atoms with van der Waals surface area (Å²) in [6, 6.07) is 7.19. The predicted octanol–water partition coefficient (Wildman–Crippen LogP) is 4.77. The van der Waals surface area contributed by atoms with E-state index in [4.69, 9.17) is 29.2 Å². The van der Waals surface area contributed by atoms with E-state index in [1.54, 1.807) is 11.8 Å². The van der Waals surface area contributed by atoms with Crippen molar-refractivity contribution in [1.29, 1.82) is 5.41 Å². The fourth-order valence-electron chi connectivity index (χ4n) is 2.62. The van der Waals surface area contributed by atoms with Crippen molar-refractivity contribution in [3.05, 3.63) is 51.4 Å². The summed E-state index contributed by atoms with van der Waals surface area (Å²) in [5.74, 6) is 0.961. The van der Waals surface area contributed by atoms with Gasteiger partial charge in [0.2, 0.25) is 0 Å². The Morgan fingerprint density at radius 3 is 2.63 bits per heavy atom. The smallest absolute Gasteiger partial charge is 0.413 e. The van der Waals surface area contributed by atoms with Gasteiger partial charge in [0, 0.05) is 9.93 Å². The highest BCUT2D eigenvalue weighted by Gasteiger charge is 2.27. The lowest BCUT2D eigenvalue weighted by molar-refractivity contribution is 0.176. The highest BCUT2D eigenvalue weighted by molar-refractivity contribution is 8.03.